The summed E-state index contributed by atoms with van der Waals surface area (Å²) < 4.78 is 0. The molecule has 3 heteroatoms. The van der Waals surface area contributed by atoms with Crippen LogP contribution in [0.4, 0.5) is 0 Å². The van der Waals surface area contributed by atoms with Crippen LogP contribution in [0.25, 0.3) is 0 Å². The summed E-state index contributed by atoms with van der Waals surface area (Å²) in [5.41, 5.74) is 0. The molecular weight excluding hydrogens is 128 g/mol. The summed E-state index contributed by atoms with van der Waals surface area (Å²) in [4.78, 5) is 2.26. The monoisotopic (exact) mass is 144 g/mol. The van der Waals surface area contributed by atoms with E-state index in [4.69, 9.17) is 0 Å². The van der Waals surface area contributed by atoms with Crippen LogP contribution in [-0.4, -0.2) is 47.4 Å². The average Bonchev–Trinajstić information content (AvgIpc) is 1.93. The van der Waals surface area contributed by atoms with Gasteiger partial charge in [-0.2, -0.15) is 5.06 Å². The Morgan fingerprint density at radius 2 is 1.80 bits per heavy atom. The molecule has 1 rings (SSSR count). The van der Waals surface area contributed by atoms with Gasteiger partial charge in [-0.3, -0.25) is 0 Å². The van der Waals surface area contributed by atoms with Crippen LogP contribution in [0.3, 0.4) is 0 Å². The molecule has 0 aromatic heterocycles. The zero-order valence-corrected chi connectivity index (χ0v) is 6.91. The minimum atomic E-state index is 0.263. The Labute approximate surface area is 62.2 Å². The molecule has 1 aliphatic rings. The van der Waals surface area contributed by atoms with E-state index in [0.29, 0.717) is 6.04 Å². The largest absolute Gasteiger partial charge is 0.314 e. The van der Waals surface area contributed by atoms with E-state index < -0.39 is 0 Å². The van der Waals surface area contributed by atoms with E-state index in [-0.39, 0.29) is 6.04 Å². The SMILES string of the molecule is CC1C(C)N(O)CCN1C. The molecule has 1 fully saturated rings. The zero-order chi connectivity index (χ0) is 7.72. The number of nitrogens with zero attached hydrogens (tertiary/aromatic N) is 2. The van der Waals surface area contributed by atoms with Crippen LogP contribution in [0, 0.1) is 0 Å². The highest BCUT2D eigenvalue weighted by molar-refractivity contribution is 4.80. The van der Waals surface area contributed by atoms with Gasteiger partial charge in [-0.05, 0) is 20.9 Å². The van der Waals surface area contributed by atoms with Gasteiger partial charge >= 0.3 is 0 Å². The molecule has 0 aromatic carbocycles. The second-order valence-corrected chi connectivity index (χ2v) is 3.12. The minimum Gasteiger partial charge on any atom is -0.314 e. The highest BCUT2D eigenvalue weighted by Crippen LogP contribution is 2.11. The van der Waals surface area contributed by atoms with Crippen molar-refractivity contribution < 1.29 is 5.21 Å². The molecule has 1 N–H and O–H groups in total. The maximum atomic E-state index is 9.27. The van der Waals surface area contributed by atoms with Crippen molar-refractivity contribution in [2.45, 2.75) is 25.9 Å². The van der Waals surface area contributed by atoms with Gasteiger partial charge in [-0.1, -0.05) is 0 Å². The Balaban J connectivity index is 2.52. The molecule has 1 aliphatic heterocycles. The molecule has 0 amide bonds. The quantitative estimate of drug-likeness (QED) is 0.533. The van der Waals surface area contributed by atoms with E-state index in [9.17, 15) is 5.21 Å². The predicted molar refractivity (Wildman–Crippen MR) is 40.0 cm³/mol. The zero-order valence-electron chi connectivity index (χ0n) is 6.91. The maximum Gasteiger partial charge on any atom is 0.0475 e. The fourth-order valence-electron chi connectivity index (χ4n) is 1.28. The molecule has 0 spiro atoms. The van der Waals surface area contributed by atoms with Crippen LogP contribution in [0.15, 0.2) is 0 Å². The van der Waals surface area contributed by atoms with Gasteiger partial charge in [-0.15, -0.1) is 0 Å². The van der Waals surface area contributed by atoms with Gasteiger partial charge in [0, 0.05) is 25.2 Å². The Hall–Kier alpha value is -0.120. The first-order chi connectivity index (χ1) is 4.63. The van der Waals surface area contributed by atoms with Crippen LogP contribution in [0.2, 0.25) is 0 Å². The van der Waals surface area contributed by atoms with E-state index in [1.54, 1.807) is 0 Å². The van der Waals surface area contributed by atoms with Crippen molar-refractivity contribution in [2.24, 2.45) is 0 Å². The van der Waals surface area contributed by atoms with Crippen molar-refractivity contribution in [1.29, 1.82) is 0 Å². The second kappa shape index (κ2) is 2.86. The van der Waals surface area contributed by atoms with Crippen LogP contribution >= 0.6 is 0 Å². The Morgan fingerprint density at radius 3 is 2.30 bits per heavy atom. The molecule has 0 radical (unpaired) electrons. The molecule has 1 heterocycles. The number of piperazine rings is 1. The molecular formula is C7H16N2O. The van der Waals surface area contributed by atoms with Gasteiger partial charge in [0.05, 0.1) is 0 Å². The molecule has 60 valence electrons. The third-order valence-electron chi connectivity index (χ3n) is 2.55. The van der Waals surface area contributed by atoms with Crippen LogP contribution in [0.1, 0.15) is 13.8 Å². The van der Waals surface area contributed by atoms with Gasteiger partial charge in [0.15, 0.2) is 0 Å². The lowest BCUT2D eigenvalue weighted by Gasteiger charge is -2.39. The number of likely N-dealkylation sites (N-methyl/N-ethyl adjacent to an activating group) is 1. The normalized spacial score (nSPS) is 38.4. The van der Waals surface area contributed by atoms with E-state index in [1.165, 1.54) is 5.06 Å². The number of hydroxylamine groups is 2. The summed E-state index contributed by atoms with van der Waals surface area (Å²) in [5, 5.41) is 10.7. The molecule has 0 saturated carbocycles. The number of hydrogen-bond donors (Lipinski definition) is 1. The number of rotatable bonds is 0. The summed E-state index contributed by atoms with van der Waals surface area (Å²) in [6.07, 6.45) is 0. The lowest BCUT2D eigenvalue weighted by atomic mass is 10.1. The molecule has 1 saturated heterocycles. The van der Waals surface area contributed by atoms with Gasteiger partial charge in [0.2, 0.25) is 0 Å². The van der Waals surface area contributed by atoms with Crippen LogP contribution < -0.4 is 0 Å². The first kappa shape index (κ1) is 7.98. The van der Waals surface area contributed by atoms with Crippen LogP contribution in [-0.2, 0) is 0 Å². The first-order valence-electron chi connectivity index (χ1n) is 3.78. The van der Waals surface area contributed by atoms with Crippen molar-refractivity contribution in [1.82, 2.24) is 9.96 Å². The average molecular weight is 144 g/mol. The number of hydrogen-bond acceptors (Lipinski definition) is 3. The smallest absolute Gasteiger partial charge is 0.0475 e. The fourth-order valence-corrected chi connectivity index (χ4v) is 1.28. The molecule has 10 heavy (non-hydrogen) atoms. The first-order valence-corrected chi connectivity index (χ1v) is 3.78. The third-order valence-corrected chi connectivity index (χ3v) is 2.55. The predicted octanol–water partition coefficient (Wildman–Crippen LogP) is 0.400. The molecule has 0 aliphatic carbocycles. The summed E-state index contributed by atoms with van der Waals surface area (Å²) in [6, 6.07) is 0.720. The topological polar surface area (TPSA) is 26.7 Å². The fraction of sp³-hybridized carbons (Fsp3) is 1.00. The third kappa shape index (κ3) is 1.31. The van der Waals surface area contributed by atoms with Gasteiger partial charge in [-0.25, -0.2) is 0 Å². The van der Waals surface area contributed by atoms with Gasteiger partial charge in [0.1, 0.15) is 0 Å². The molecule has 2 atom stereocenters. The van der Waals surface area contributed by atoms with Crippen molar-refractivity contribution >= 4 is 0 Å². The summed E-state index contributed by atoms with van der Waals surface area (Å²) >= 11 is 0. The van der Waals surface area contributed by atoms with Gasteiger partial charge < -0.3 is 10.1 Å². The maximum absolute atomic E-state index is 9.27. The van der Waals surface area contributed by atoms with Crippen LogP contribution in [0.5, 0.6) is 0 Å². The Morgan fingerprint density at radius 1 is 1.20 bits per heavy atom. The minimum absolute atomic E-state index is 0.263. The highest BCUT2D eigenvalue weighted by Gasteiger charge is 2.26. The van der Waals surface area contributed by atoms with Gasteiger partial charge in [0.25, 0.3) is 0 Å². The van der Waals surface area contributed by atoms with Crippen molar-refractivity contribution in [3.8, 4) is 0 Å². The van der Waals surface area contributed by atoms with E-state index in [2.05, 4.69) is 18.9 Å². The Bertz CT molecular complexity index is 104. The highest BCUT2D eigenvalue weighted by atomic mass is 16.5. The second-order valence-electron chi connectivity index (χ2n) is 3.12. The summed E-state index contributed by atoms with van der Waals surface area (Å²) in [6.45, 7) is 5.90. The van der Waals surface area contributed by atoms with Crippen molar-refractivity contribution in [3.05, 3.63) is 0 Å². The summed E-state index contributed by atoms with van der Waals surface area (Å²) in [5.74, 6) is 0. The van der Waals surface area contributed by atoms with Crippen molar-refractivity contribution in [3.63, 3.8) is 0 Å². The standard InChI is InChI=1S/C7H16N2O/c1-6-7(2)9(10)5-4-8(6)3/h6-7,10H,4-5H2,1-3H3. The molecule has 0 bridgehead atoms. The Kier molecular flexibility index (Phi) is 2.28. The molecule has 3 nitrogen and oxygen atoms in total. The lowest BCUT2D eigenvalue weighted by molar-refractivity contribution is -0.162. The molecule has 2 unspecified atom stereocenters. The van der Waals surface area contributed by atoms with E-state index >= 15 is 0 Å². The lowest BCUT2D eigenvalue weighted by Crippen LogP contribution is -2.54. The molecule has 0 aromatic rings. The van der Waals surface area contributed by atoms with E-state index in [1.807, 2.05) is 6.92 Å². The van der Waals surface area contributed by atoms with E-state index in [0.717, 1.165) is 13.1 Å². The van der Waals surface area contributed by atoms with Crippen molar-refractivity contribution in [2.75, 3.05) is 20.1 Å². The summed E-state index contributed by atoms with van der Waals surface area (Å²) in [7, 11) is 2.09.